The third-order valence-corrected chi connectivity index (χ3v) is 5.88. The number of hydrogen-bond donors (Lipinski definition) is 2. The standard InChI is InChI=1S/C18H17N5O6S/c1-4-28-17(25)15-9(2)12-7-11(5-6-13(12)29-15)30(26,27)22-14-10(3)21-18-19-8-20-23(18)16(14)24/h5-8,22H,4H2,1-3H3,(H,19,20,21). The maximum absolute atomic E-state index is 12.9. The van der Waals surface area contributed by atoms with Gasteiger partial charge in [-0.2, -0.15) is 4.52 Å². The Kier molecular flexibility index (Phi) is 4.57. The summed E-state index contributed by atoms with van der Waals surface area (Å²) in [5.74, 6) is -0.490. The van der Waals surface area contributed by atoms with Crippen molar-refractivity contribution in [2.24, 2.45) is 0 Å². The van der Waals surface area contributed by atoms with E-state index in [1.165, 1.54) is 31.5 Å². The molecule has 0 aliphatic heterocycles. The number of benzene rings is 1. The van der Waals surface area contributed by atoms with Crippen LogP contribution in [-0.4, -0.2) is 40.6 Å². The molecule has 0 amide bonds. The van der Waals surface area contributed by atoms with Crippen molar-refractivity contribution in [3.05, 3.63) is 51.9 Å². The number of ether oxygens (including phenoxy) is 1. The van der Waals surface area contributed by atoms with Crippen molar-refractivity contribution < 1.29 is 22.4 Å². The van der Waals surface area contributed by atoms with Crippen LogP contribution < -0.4 is 10.3 Å². The summed E-state index contributed by atoms with van der Waals surface area (Å²) in [6, 6.07) is 4.13. The Hall–Kier alpha value is -3.67. The summed E-state index contributed by atoms with van der Waals surface area (Å²) >= 11 is 0. The molecule has 4 rings (SSSR count). The molecule has 0 saturated carbocycles. The van der Waals surface area contributed by atoms with E-state index in [1.807, 2.05) is 0 Å². The zero-order valence-corrected chi connectivity index (χ0v) is 17.0. The molecule has 0 radical (unpaired) electrons. The van der Waals surface area contributed by atoms with Gasteiger partial charge in [-0.15, -0.1) is 0 Å². The highest BCUT2D eigenvalue weighted by atomic mass is 32.2. The van der Waals surface area contributed by atoms with Crippen LogP contribution >= 0.6 is 0 Å². The number of furan rings is 1. The molecule has 156 valence electrons. The van der Waals surface area contributed by atoms with Gasteiger partial charge in [-0.3, -0.25) is 14.6 Å². The van der Waals surface area contributed by atoms with Crippen LogP contribution in [0.15, 0.2) is 38.6 Å². The fourth-order valence-corrected chi connectivity index (χ4v) is 4.17. The van der Waals surface area contributed by atoms with Gasteiger partial charge in [0.05, 0.1) is 17.2 Å². The van der Waals surface area contributed by atoms with E-state index in [9.17, 15) is 18.0 Å². The van der Waals surface area contributed by atoms with Gasteiger partial charge in [-0.05, 0) is 39.0 Å². The van der Waals surface area contributed by atoms with Crippen molar-refractivity contribution in [2.45, 2.75) is 25.7 Å². The van der Waals surface area contributed by atoms with E-state index in [0.29, 0.717) is 16.5 Å². The SMILES string of the molecule is CCOC(=O)c1oc2ccc(S(=O)(=O)Nc3c(C)nc4nc[nH]n4c3=O)cc2c1C. The Balaban J connectivity index is 1.77. The minimum absolute atomic E-state index is 0.0114. The first-order chi connectivity index (χ1) is 14.2. The third kappa shape index (κ3) is 3.10. The topological polar surface area (TPSA) is 149 Å². The van der Waals surface area contributed by atoms with Crippen molar-refractivity contribution in [3.63, 3.8) is 0 Å². The quantitative estimate of drug-likeness (QED) is 0.454. The average molecular weight is 431 g/mol. The summed E-state index contributed by atoms with van der Waals surface area (Å²) in [5, 5.41) is 3.02. The molecule has 2 N–H and O–H groups in total. The number of anilines is 1. The highest BCUT2D eigenvalue weighted by Crippen LogP contribution is 2.29. The normalized spacial score (nSPS) is 11.8. The number of carbonyl (C=O) groups is 1. The number of nitrogens with zero attached hydrogens (tertiary/aromatic N) is 3. The Morgan fingerprint density at radius 2 is 2.10 bits per heavy atom. The minimum Gasteiger partial charge on any atom is -0.460 e. The maximum atomic E-state index is 12.9. The number of nitrogens with one attached hydrogen (secondary N) is 2. The minimum atomic E-state index is -4.13. The van der Waals surface area contributed by atoms with E-state index >= 15 is 0 Å². The molecule has 0 aliphatic rings. The molecule has 0 spiro atoms. The summed E-state index contributed by atoms with van der Waals surface area (Å²) in [6.45, 7) is 4.99. The number of aromatic amines is 1. The first-order valence-electron chi connectivity index (χ1n) is 8.88. The summed E-state index contributed by atoms with van der Waals surface area (Å²) < 4.78 is 39.7. The van der Waals surface area contributed by atoms with Crippen LogP contribution in [-0.2, 0) is 14.8 Å². The molecular weight excluding hydrogens is 414 g/mol. The number of fused-ring (bicyclic) bond motifs is 2. The first-order valence-corrected chi connectivity index (χ1v) is 10.4. The highest BCUT2D eigenvalue weighted by Gasteiger charge is 2.23. The Morgan fingerprint density at radius 1 is 1.33 bits per heavy atom. The third-order valence-electron chi connectivity index (χ3n) is 4.53. The van der Waals surface area contributed by atoms with Crippen LogP contribution in [0.3, 0.4) is 0 Å². The van der Waals surface area contributed by atoms with Crippen molar-refractivity contribution in [1.82, 2.24) is 19.6 Å². The van der Waals surface area contributed by atoms with Crippen LogP contribution in [0.2, 0.25) is 0 Å². The number of H-pyrrole nitrogens is 1. The van der Waals surface area contributed by atoms with E-state index in [0.717, 1.165) is 4.52 Å². The molecule has 3 aromatic heterocycles. The zero-order chi connectivity index (χ0) is 21.6. The van der Waals surface area contributed by atoms with Crippen LogP contribution in [0.4, 0.5) is 5.69 Å². The number of carbonyl (C=O) groups excluding carboxylic acids is 1. The van der Waals surface area contributed by atoms with E-state index in [2.05, 4.69) is 19.8 Å². The van der Waals surface area contributed by atoms with Gasteiger partial charge >= 0.3 is 5.97 Å². The molecule has 11 nitrogen and oxygen atoms in total. The summed E-state index contributed by atoms with van der Waals surface area (Å²) in [6.07, 6.45) is 1.28. The Labute approximate surface area is 169 Å². The van der Waals surface area contributed by atoms with Crippen molar-refractivity contribution in [1.29, 1.82) is 0 Å². The van der Waals surface area contributed by atoms with Crippen LogP contribution in [0.5, 0.6) is 0 Å². The van der Waals surface area contributed by atoms with Crippen molar-refractivity contribution in [3.8, 4) is 0 Å². The molecule has 12 heteroatoms. The molecule has 0 unspecified atom stereocenters. The monoisotopic (exact) mass is 431 g/mol. The fraction of sp³-hybridized carbons (Fsp3) is 0.222. The molecule has 0 bridgehead atoms. The van der Waals surface area contributed by atoms with Gasteiger partial charge in [0.2, 0.25) is 5.76 Å². The molecule has 1 aromatic carbocycles. The molecule has 0 fully saturated rings. The van der Waals surface area contributed by atoms with E-state index in [1.54, 1.807) is 13.8 Å². The summed E-state index contributed by atoms with van der Waals surface area (Å²) in [5.41, 5.74) is 0.140. The lowest BCUT2D eigenvalue weighted by atomic mass is 10.1. The second-order valence-corrected chi connectivity index (χ2v) is 8.12. The lowest BCUT2D eigenvalue weighted by Gasteiger charge is -2.09. The van der Waals surface area contributed by atoms with Gasteiger partial charge in [0.25, 0.3) is 21.4 Å². The average Bonchev–Trinajstić information content (AvgIpc) is 3.30. The largest absolute Gasteiger partial charge is 0.460 e. The molecule has 0 atom stereocenters. The van der Waals surface area contributed by atoms with Crippen LogP contribution in [0.25, 0.3) is 16.7 Å². The van der Waals surface area contributed by atoms with E-state index < -0.39 is 21.6 Å². The fourth-order valence-electron chi connectivity index (χ4n) is 3.03. The van der Waals surface area contributed by atoms with Gasteiger partial charge < -0.3 is 9.15 Å². The van der Waals surface area contributed by atoms with Gasteiger partial charge in [0, 0.05) is 10.9 Å². The number of hydrogen-bond acceptors (Lipinski definition) is 8. The maximum Gasteiger partial charge on any atom is 0.374 e. The smallest absolute Gasteiger partial charge is 0.374 e. The van der Waals surface area contributed by atoms with Gasteiger partial charge in [-0.1, -0.05) is 0 Å². The molecule has 0 saturated heterocycles. The summed E-state index contributed by atoms with van der Waals surface area (Å²) in [4.78, 5) is 32.5. The number of aryl methyl sites for hydroxylation is 2. The number of esters is 1. The lowest BCUT2D eigenvalue weighted by Crippen LogP contribution is -2.25. The van der Waals surface area contributed by atoms with E-state index in [4.69, 9.17) is 9.15 Å². The van der Waals surface area contributed by atoms with Crippen molar-refractivity contribution in [2.75, 3.05) is 11.3 Å². The van der Waals surface area contributed by atoms with Crippen LogP contribution in [0, 0.1) is 13.8 Å². The van der Waals surface area contributed by atoms with Gasteiger partial charge in [-0.25, -0.2) is 23.2 Å². The zero-order valence-electron chi connectivity index (χ0n) is 16.2. The molecule has 3 heterocycles. The predicted octanol–water partition coefficient (Wildman–Crippen LogP) is 1.76. The highest BCUT2D eigenvalue weighted by molar-refractivity contribution is 7.92. The number of sulfonamides is 1. The molecule has 4 aromatic rings. The second-order valence-electron chi connectivity index (χ2n) is 6.44. The Bertz CT molecular complexity index is 1460. The lowest BCUT2D eigenvalue weighted by molar-refractivity contribution is 0.0491. The summed E-state index contributed by atoms with van der Waals surface area (Å²) in [7, 11) is -4.13. The molecule has 30 heavy (non-hydrogen) atoms. The first kappa shape index (κ1) is 19.6. The second kappa shape index (κ2) is 6.99. The molecular formula is C18H17N5O6S. The molecule has 0 aliphatic carbocycles. The van der Waals surface area contributed by atoms with Crippen molar-refractivity contribution >= 4 is 38.4 Å². The van der Waals surface area contributed by atoms with E-state index in [-0.39, 0.29) is 34.4 Å². The number of aromatic nitrogens is 4. The Morgan fingerprint density at radius 3 is 2.83 bits per heavy atom. The predicted molar refractivity (Wildman–Crippen MR) is 106 cm³/mol. The van der Waals surface area contributed by atoms with Crippen LogP contribution in [0.1, 0.15) is 28.7 Å². The van der Waals surface area contributed by atoms with Gasteiger partial charge in [0.1, 0.15) is 17.6 Å². The van der Waals surface area contributed by atoms with Gasteiger partial charge in [0.15, 0.2) is 0 Å². The number of rotatable bonds is 5.